The van der Waals surface area contributed by atoms with Gasteiger partial charge in [-0.15, -0.1) is 0 Å². The fraction of sp³-hybridized carbons (Fsp3) is 0.0667. The largest absolute Gasteiger partial charge is 0.514 e. The van der Waals surface area contributed by atoms with Crippen LogP contribution in [0.3, 0.4) is 0 Å². The lowest BCUT2D eigenvalue weighted by Gasteiger charge is -2.08. The van der Waals surface area contributed by atoms with E-state index in [1.54, 1.807) is 18.2 Å². The minimum atomic E-state index is -1.00. The number of carbonyl (C=O) groups is 2. The average molecular weight is 316 g/mol. The molecule has 1 amide bonds. The van der Waals surface area contributed by atoms with Gasteiger partial charge < -0.3 is 15.2 Å². The predicted molar refractivity (Wildman–Crippen MR) is 78.9 cm³/mol. The van der Waals surface area contributed by atoms with Crippen molar-refractivity contribution in [2.45, 2.75) is 6.61 Å². The number of amides is 1. The third-order valence-corrected chi connectivity index (χ3v) is 2.88. The van der Waals surface area contributed by atoms with Gasteiger partial charge in [-0.1, -0.05) is 18.2 Å². The van der Waals surface area contributed by atoms with Crippen LogP contribution in [0.25, 0.3) is 0 Å². The second kappa shape index (κ2) is 7.03. The Labute approximate surface area is 130 Å². The molecule has 118 valence electrons. The molecule has 0 heterocycles. The van der Waals surface area contributed by atoms with E-state index in [2.05, 4.69) is 0 Å². The van der Waals surface area contributed by atoms with Gasteiger partial charge in [0.25, 0.3) is 5.69 Å². The van der Waals surface area contributed by atoms with E-state index in [0.717, 1.165) is 0 Å². The van der Waals surface area contributed by atoms with Crippen molar-refractivity contribution in [1.29, 1.82) is 0 Å². The Kier molecular flexibility index (Phi) is 4.88. The molecule has 0 spiro atoms. The Hall–Kier alpha value is -3.42. The summed E-state index contributed by atoms with van der Waals surface area (Å²) in [7, 11) is 0. The fourth-order valence-corrected chi connectivity index (χ4v) is 1.78. The fourth-order valence-electron chi connectivity index (χ4n) is 1.78. The van der Waals surface area contributed by atoms with Crippen LogP contribution in [0.5, 0.6) is 5.75 Å². The molecule has 0 aromatic heterocycles. The zero-order valence-electron chi connectivity index (χ0n) is 11.8. The number of benzene rings is 2. The van der Waals surface area contributed by atoms with E-state index in [1.165, 1.54) is 30.3 Å². The molecule has 0 bridgehead atoms. The number of nitro benzene ring substituents is 1. The van der Waals surface area contributed by atoms with E-state index in [0.29, 0.717) is 5.56 Å². The summed E-state index contributed by atoms with van der Waals surface area (Å²) in [6, 6.07) is 11.4. The SMILES string of the molecule is NC(=O)c1ccccc1COC(=O)Oc1ccc([N+](=O)[O-])cc1. The molecule has 0 fully saturated rings. The maximum Gasteiger partial charge on any atom is 0.514 e. The topological polar surface area (TPSA) is 122 Å². The number of hydrogen-bond acceptors (Lipinski definition) is 6. The first-order valence-corrected chi connectivity index (χ1v) is 6.44. The standard InChI is InChI=1S/C15H12N2O6/c16-14(18)13-4-2-1-3-10(13)9-22-15(19)23-12-7-5-11(6-8-12)17(20)21/h1-8H,9H2,(H2,16,18). The smallest absolute Gasteiger partial charge is 0.429 e. The van der Waals surface area contributed by atoms with Crippen LogP contribution in [0.15, 0.2) is 48.5 Å². The lowest BCUT2D eigenvalue weighted by molar-refractivity contribution is -0.384. The van der Waals surface area contributed by atoms with Gasteiger partial charge in [0, 0.05) is 23.3 Å². The van der Waals surface area contributed by atoms with Gasteiger partial charge in [-0.3, -0.25) is 14.9 Å². The number of nitrogens with zero attached hydrogens (tertiary/aromatic N) is 1. The molecule has 0 saturated heterocycles. The van der Waals surface area contributed by atoms with Crippen LogP contribution in [-0.2, 0) is 11.3 Å². The molecule has 8 nitrogen and oxygen atoms in total. The van der Waals surface area contributed by atoms with E-state index in [4.69, 9.17) is 15.2 Å². The van der Waals surface area contributed by atoms with Gasteiger partial charge in [0.1, 0.15) is 12.4 Å². The Morgan fingerprint density at radius 1 is 1.09 bits per heavy atom. The van der Waals surface area contributed by atoms with Crippen molar-refractivity contribution < 1.29 is 24.0 Å². The minimum Gasteiger partial charge on any atom is -0.429 e. The normalized spacial score (nSPS) is 9.91. The molecule has 0 aliphatic rings. The first kappa shape index (κ1) is 16.0. The lowest BCUT2D eigenvalue weighted by Crippen LogP contribution is -2.16. The van der Waals surface area contributed by atoms with E-state index >= 15 is 0 Å². The van der Waals surface area contributed by atoms with Crippen LogP contribution in [-0.4, -0.2) is 17.0 Å². The highest BCUT2D eigenvalue weighted by molar-refractivity contribution is 5.94. The number of primary amides is 1. The lowest BCUT2D eigenvalue weighted by atomic mass is 10.1. The first-order chi connectivity index (χ1) is 11.0. The summed E-state index contributed by atoms with van der Waals surface area (Å²) in [5.41, 5.74) is 5.78. The predicted octanol–water partition coefficient (Wildman–Crippen LogP) is 2.41. The van der Waals surface area contributed by atoms with Crippen LogP contribution in [0.4, 0.5) is 10.5 Å². The number of non-ortho nitro benzene ring substituents is 1. The van der Waals surface area contributed by atoms with Gasteiger partial charge in [-0.25, -0.2) is 4.79 Å². The molecule has 2 aromatic rings. The Balaban J connectivity index is 1.95. The van der Waals surface area contributed by atoms with Crippen LogP contribution in [0, 0.1) is 10.1 Å². The zero-order valence-corrected chi connectivity index (χ0v) is 11.8. The van der Waals surface area contributed by atoms with Crippen molar-refractivity contribution in [3.8, 4) is 5.75 Å². The second-order valence-corrected chi connectivity index (χ2v) is 4.41. The highest BCUT2D eigenvalue weighted by atomic mass is 16.7. The van der Waals surface area contributed by atoms with Crippen LogP contribution in [0.2, 0.25) is 0 Å². The molecule has 2 aromatic carbocycles. The van der Waals surface area contributed by atoms with Crippen LogP contribution in [0.1, 0.15) is 15.9 Å². The number of nitro groups is 1. The second-order valence-electron chi connectivity index (χ2n) is 4.41. The van der Waals surface area contributed by atoms with Gasteiger partial charge in [0.2, 0.25) is 5.91 Å². The number of ether oxygens (including phenoxy) is 2. The summed E-state index contributed by atoms with van der Waals surface area (Å²) >= 11 is 0. The van der Waals surface area contributed by atoms with Crippen LogP contribution >= 0.6 is 0 Å². The summed E-state index contributed by atoms with van der Waals surface area (Å²) in [6.07, 6.45) is -1.00. The van der Waals surface area contributed by atoms with E-state index in [1.807, 2.05) is 0 Å². The Bertz CT molecular complexity index is 742. The van der Waals surface area contributed by atoms with Crippen LogP contribution < -0.4 is 10.5 Å². The number of carbonyl (C=O) groups excluding carboxylic acids is 2. The summed E-state index contributed by atoms with van der Waals surface area (Å²) in [5.74, 6) is -0.531. The highest BCUT2D eigenvalue weighted by Crippen LogP contribution is 2.18. The maximum atomic E-state index is 11.6. The van der Waals surface area contributed by atoms with Gasteiger partial charge in [-0.05, 0) is 18.2 Å². The number of nitrogens with two attached hydrogens (primary N) is 1. The van der Waals surface area contributed by atoms with Gasteiger partial charge in [0.15, 0.2) is 0 Å². The molecular formula is C15H12N2O6. The summed E-state index contributed by atoms with van der Waals surface area (Å²) in [5, 5.41) is 10.5. The molecular weight excluding hydrogens is 304 g/mol. The van der Waals surface area contributed by atoms with Crippen molar-refractivity contribution in [2.75, 3.05) is 0 Å². The molecule has 0 unspecified atom stereocenters. The van der Waals surface area contributed by atoms with E-state index in [9.17, 15) is 19.7 Å². The molecule has 2 rings (SSSR count). The highest BCUT2D eigenvalue weighted by Gasteiger charge is 2.12. The zero-order chi connectivity index (χ0) is 16.8. The summed E-state index contributed by atoms with van der Waals surface area (Å²) < 4.78 is 9.77. The van der Waals surface area contributed by atoms with Crippen molar-refractivity contribution in [3.63, 3.8) is 0 Å². The quantitative estimate of drug-likeness (QED) is 0.391. The molecule has 0 atom stereocenters. The molecule has 0 radical (unpaired) electrons. The molecule has 2 N–H and O–H groups in total. The van der Waals surface area contributed by atoms with Crippen molar-refractivity contribution in [2.24, 2.45) is 5.73 Å². The van der Waals surface area contributed by atoms with Gasteiger partial charge in [0.05, 0.1) is 4.92 Å². The summed E-state index contributed by atoms with van der Waals surface area (Å²) in [4.78, 5) is 32.8. The van der Waals surface area contributed by atoms with Crippen molar-refractivity contribution >= 4 is 17.7 Å². The summed E-state index contributed by atoms with van der Waals surface area (Å²) in [6.45, 7) is -0.190. The third kappa shape index (κ3) is 4.27. The Morgan fingerprint density at radius 2 is 1.74 bits per heavy atom. The van der Waals surface area contributed by atoms with Gasteiger partial charge in [-0.2, -0.15) is 0 Å². The minimum absolute atomic E-state index is 0.101. The molecule has 8 heteroatoms. The Morgan fingerprint density at radius 3 is 2.35 bits per heavy atom. The van der Waals surface area contributed by atoms with Crippen molar-refractivity contribution in [3.05, 3.63) is 69.8 Å². The number of hydrogen-bond donors (Lipinski definition) is 1. The molecule has 0 aliphatic heterocycles. The van der Waals surface area contributed by atoms with E-state index < -0.39 is 17.0 Å². The molecule has 0 aliphatic carbocycles. The third-order valence-electron chi connectivity index (χ3n) is 2.88. The average Bonchev–Trinajstić information content (AvgIpc) is 2.53. The first-order valence-electron chi connectivity index (χ1n) is 6.44. The number of rotatable bonds is 5. The van der Waals surface area contributed by atoms with Gasteiger partial charge >= 0.3 is 6.16 Å². The van der Waals surface area contributed by atoms with E-state index in [-0.39, 0.29) is 23.6 Å². The molecule has 23 heavy (non-hydrogen) atoms. The monoisotopic (exact) mass is 316 g/mol. The molecule has 0 saturated carbocycles. The maximum absolute atomic E-state index is 11.6. The van der Waals surface area contributed by atoms with Crippen molar-refractivity contribution in [1.82, 2.24) is 0 Å².